The second-order valence-corrected chi connectivity index (χ2v) is 5.68. The monoisotopic (exact) mass is 313 g/mol. The van der Waals surface area contributed by atoms with Gasteiger partial charge in [-0.1, -0.05) is 12.8 Å². The average Bonchev–Trinajstić information content (AvgIpc) is 2.53. The SMILES string of the molecule is CC1CCCCCN1C(=O)c1ccc(F)cc1Br. The van der Waals surface area contributed by atoms with Crippen LogP contribution in [0.25, 0.3) is 0 Å². The zero-order valence-electron chi connectivity index (χ0n) is 10.5. The zero-order valence-corrected chi connectivity index (χ0v) is 12.0. The van der Waals surface area contributed by atoms with Gasteiger partial charge in [-0.3, -0.25) is 4.79 Å². The minimum atomic E-state index is -0.331. The molecule has 1 aromatic rings. The number of likely N-dealkylation sites (tertiary alicyclic amines) is 1. The molecular weight excluding hydrogens is 297 g/mol. The fourth-order valence-electron chi connectivity index (χ4n) is 2.39. The van der Waals surface area contributed by atoms with E-state index in [0.29, 0.717) is 10.0 Å². The van der Waals surface area contributed by atoms with Gasteiger partial charge in [0.15, 0.2) is 0 Å². The number of carbonyl (C=O) groups is 1. The van der Waals surface area contributed by atoms with Crippen LogP contribution >= 0.6 is 15.9 Å². The maximum atomic E-state index is 13.0. The predicted octanol–water partition coefficient (Wildman–Crippen LogP) is 3.99. The Bertz CT molecular complexity index is 449. The van der Waals surface area contributed by atoms with Crippen LogP contribution in [0.2, 0.25) is 0 Å². The number of halogens is 2. The first kappa shape index (κ1) is 13.5. The van der Waals surface area contributed by atoms with Gasteiger partial charge in [-0.25, -0.2) is 4.39 Å². The van der Waals surface area contributed by atoms with Crippen molar-refractivity contribution in [3.63, 3.8) is 0 Å². The highest BCUT2D eigenvalue weighted by Gasteiger charge is 2.24. The van der Waals surface area contributed by atoms with Crippen molar-refractivity contribution in [2.75, 3.05) is 6.54 Å². The fourth-order valence-corrected chi connectivity index (χ4v) is 2.91. The third-order valence-electron chi connectivity index (χ3n) is 3.48. The van der Waals surface area contributed by atoms with Gasteiger partial charge in [0.25, 0.3) is 5.91 Å². The lowest BCUT2D eigenvalue weighted by molar-refractivity contribution is 0.0697. The average molecular weight is 314 g/mol. The van der Waals surface area contributed by atoms with Crippen LogP contribution in [0.3, 0.4) is 0 Å². The molecule has 2 nitrogen and oxygen atoms in total. The van der Waals surface area contributed by atoms with E-state index in [9.17, 15) is 9.18 Å². The van der Waals surface area contributed by atoms with Crippen LogP contribution in [0, 0.1) is 5.82 Å². The second-order valence-electron chi connectivity index (χ2n) is 4.82. The summed E-state index contributed by atoms with van der Waals surface area (Å²) >= 11 is 3.27. The second kappa shape index (κ2) is 5.83. The molecule has 0 N–H and O–H groups in total. The Balaban J connectivity index is 2.23. The highest BCUT2D eigenvalue weighted by molar-refractivity contribution is 9.10. The van der Waals surface area contributed by atoms with Gasteiger partial charge in [0.1, 0.15) is 5.82 Å². The Morgan fingerprint density at radius 2 is 2.17 bits per heavy atom. The molecule has 1 aromatic carbocycles. The first-order valence-electron chi connectivity index (χ1n) is 6.35. The normalized spacial score (nSPS) is 20.6. The third kappa shape index (κ3) is 2.91. The Morgan fingerprint density at radius 1 is 1.39 bits per heavy atom. The van der Waals surface area contributed by atoms with Gasteiger partial charge in [-0.2, -0.15) is 0 Å². The molecule has 1 atom stereocenters. The number of benzene rings is 1. The molecule has 0 spiro atoms. The first-order valence-corrected chi connectivity index (χ1v) is 7.15. The minimum Gasteiger partial charge on any atom is -0.336 e. The topological polar surface area (TPSA) is 20.3 Å². The van der Waals surface area contributed by atoms with Crippen LogP contribution in [0.15, 0.2) is 22.7 Å². The number of rotatable bonds is 1. The van der Waals surface area contributed by atoms with Crippen LogP contribution in [0.4, 0.5) is 4.39 Å². The molecule has 1 amide bonds. The summed E-state index contributed by atoms with van der Waals surface area (Å²) in [6.07, 6.45) is 4.45. The lowest BCUT2D eigenvalue weighted by Gasteiger charge is -2.27. The van der Waals surface area contributed by atoms with Crippen molar-refractivity contribution in [1.82, 2.24) is 4.90 Å². The molecule has 1 saturated heterocycles. The summed E-state index contributed by atoms with van der Waals surface area (Å²) in [6.45, 7) is 2.88. The summed E-state index contributed by atoms with van der Waals surface area (Å²) in [4.78, 5) is 14.4. The molecule has 0 saturated carbocycles. The Hall–Kier alpha value is -0.900. The van der Waals surface area contributed by atoms with E-state index in [-0.39, 0.29) is 17.8 Å². The van der Waals surface area contributed by atoms with Crippen molar-refractivity contribution in [3.05, 3.63) is 34.1 Å². The summed E-state index contributed by atoms with van der Waals surface area (Å²) in [7, 11) is 0. The van der Waals surface area contributed by atoms with Gasteiger partial charge >= 0.3 is 0 Å². The molecule has 1 aliphatic heterocycles. The molecule has 0 aliphatic carbocycles. The number of amides is 1. The van der Waals surface area contributed by atoms with E-state index in [1.807, 2.05) is 4.90 Å². The van der Waals surface area contributed by atoms with Gasteiger partial charge in [-0.15, -0.1) is 0 Å². The molecule has 2 rings (SSSR count). The molecule has 0 radical (unpaired) electrons. The lowest BCUT2D eigenvalue weighted by atomic mass is 10.1. The summed E-state index contributed by atoms with van der Waals surface area (Å²) in [5.74, 6) is -0.335. The smallest absolute Gasteiger partial charge is 0.255 e. The first-order chi connectivity index (χ1) is 8.59. The van der Waals surface area contributed by atoms with E-state index in [1.165, 1.54) is 25.0 Å². The van der Waals surface area contributed by atoms with Gasteiger partial charge in [-0.05, 0) is 53.9 Å². The predicted molar refractivity (Wildman–Crippen MR) is 73.1 cm³/mol. The van der Waals surface area contributed by atoms with Crippen molar-refractivity contribution in [1.29, 1.82) is 0 Å². The highest BCUT2D eigenvalue weighted by atomic mass is 79.9. The zero-order chi connectivity index (χ0) is 13.1. The molecule has 1 aliphatic rings. The van der Waals surface area contributed by atoms with Gasteiger partial charge < -0.3 is 4.90 Å². The fraction of sp³-hybridized carbons (Fsp3) is 0.500. The van der Waals surface area contributed by atoms with E-state index in [1.54, 1.807) is 6.07 Å². The number of hydrogen-bond acceptors (Lipinski definition) is 1. The largest absolute Gasteiger partial charge is 0.336 e. The summed E-state index contributed by atoms with van der Waals surface area (Å²) in [5.41, 5.74) is 0.546. The van der Waals surface area contributed by atoms with Gasteiger partial charge in [0.05, 0.1) is 5.56 Å². The molecular formula is C14H17BrFNO. The highest BCUT2D eigenvalue weighted by Crippen LogP contribution is 2.23. The minimum absolute atomic E-state index is 0.00345. The van der Waals surface area contributed by atoms with E-state index in [2.05, 4.69) is 22.9 Å². The van der Waals surface area contributed by atoms with E-state index in [0.717, 1.165) is 19.4 Å². The summed E-state index contributed by atoms with van der Waals surface area (Å²) in [5, 5.41) is 0. The van der Waals surface area contributed by atoms with E-state index >= 15 is 0 Å². The molecule has 1 unspecified atom stereocenters. The quantitative estimate of drug-likeness (QED) is 0.767. The molecule has 1 heterocycles. The van der Waals surface area contributed by atoms with Crippen molar-refractivity contribution < 1.29 is 9.18 Å². The van der Waals surface area contributed by atoms with E-state index in [4.69, 9.17) is 0 Å². The molecule has 0 aromatic heterocycles. The van der Waals surface area contributed by atoms with Crippen molar-refractivity contribution in [2.45, 2.75) is 38.6 Å². The van der Waals surface area contributed by atoms with Gasteiger partial charge in [0.2, 0.25) is 0 Å². The maximum Gasteiger partial charge on any atom is 0.255 e. The van der Waals surface area contributed by atoms with Crippen molar-refractivity contribution >= 4 is 21.8 Å². The Kier molecular flexibility index (Phi) is 4.38. The van der Waals surface area contributed by atoms with Crippen molar-refractivity contribution in [2.24, 2.45) is 0 Å². The standard InChI is InChI=1S/C14H17BrFNO/c1-10-5-3-2-4-8-17(10)14(18)12-7-6-11(16)9-13(12)15/h6-7,9-10H,2-5,8H2,1H3. The maximum absolute atomic E-state index is 13.0. The van der Waals surface area contributed by atoms with Crippen LogP contribution < -0.4 is 0 Å². The molecule has 4 heteroatoms. The van der Waals surface area contributed by atoms with Crippen LogP contribution in [0.1, 0.15) is 43.0 Å². The van der Waals surface area contributed by atoms with Crippen LogP contribution in [-0.4, -0.2) is 23.4 Å². The van der Waals surface area contributed by atoms with E-state index < -0.39 is 0 Å². The van der Waals surface area contributed by atoms with Crippen LogP contribution in [-0.2, 0) is 0 Å². The van der Waals surface area contributed by atoms with Crippen molar-refractivity contribution in [3.8, 4) is 0 Å². The summed E-state index contributed by atoms with van der Waals surface area (Å²) in [6, 6.07) is 4.49. The number of carbonyl (C=O) groups excluding carboxylic acids is 1. The lowest BCUT2D eigenvalue weighted by Crippen LogP contribution is -2.38. The number of nitrogens with zero attached hydrogens (tertiary/aromatic N) is 1. The third-order valence-corrected chi connectivity index (χ3v) is 4.13. The molecule has 1 fully saturated rings. The van der Waals surface area contributed by atoms with Crippen LogP contribution in [0.5, 0.6) is 0 Å². The molecule has 0 bridgehead atoms. The molecule has 98 valence electrons. The summed E-state index contributed by atoms with van der Waals surface area (Å²) < 4.78 is 13.6. The Labute approximate surface area is 115 Å². The Morgan fingerprint density at radius 3 is 2.89 bits per heavy atom. The molecule has 18 heavy (non-hydrogen) atoms. The van der Waals surface area contributed by atoms with Gasteiger partial charge in [0, 0.05) is 17.1 Å². The number of hydrogen-bond donors (Lipinski definition) is 0.